The molecule has 1 heterocycles. The number of anilines is 1. The topological polar surface area (TPSA) is 67.9 Å². The molecule has 1 aliphatic heterocycles. The van der Waals surface area contributed by atoms with Crippen LogP contribution in [-0.4, -0.2) is 43.1 Å². The molecule has 0 radical (unpaired) electrons. The second-order valence-corrected chi connectivity index (χ2v) is 7.56. The third kappa shape index (κ3) is 4.39. The summed E-state index contributed by atoms with van der Waals surface area (Å²) in [6.45, 7) is 8.32. The van der Waals surface area contributed by atoms with Crippen LogP contribution in [0.4, 0.5) is 5.69 Å². The Morgan fingerprint density at radius 3 is 2.40 bits per heavy atom. The van der Waals surface area contributed by atoms with Gasteiger partial charge >= 0.3 is 0 Å². The lowest BCUT2D eigenvalue weighted by atomic mass is 9.99. The second kappa shape index (κ2) is 9.13. The lowest BCUT2D eigenvalue weighted by Crippen LogP contribution is -2.35. The number of hydrogen-bond acceptors (Lipinski definition) is 5. The highest BCUT2D eigenvalue weighted by atomic mass is 16.5. The van der Waals surface area contributed by atoms with E-state index in [0.717, 1.165) is 11.1 Å². The van der Waals surface area contributed by atoms with Gasteiger partial charge in [0.25, 0.3) is 11.8 Å². The molecule has 0 aromatic heterocycles. The molecule has 2 amide bonds. The fourth-order valence-corrected chi connectivity index (χ4v) is 3.32. The summed E-state index contributed by atoms with van der Waals surface area (Å²) in [5, 5.41) is 3.15. The van der Waals surface area contributed by atoms with Crippen molar-refractivity contribution in [3.05, 3.63) is 64.9 Å². The van der Waals surface area contributed by atoms with Gasteiger partial charge < -0.3 is 14.8 Å². The maximum Gasteiger partial charge on any atom is 0.278 e. The van der Waals surface area contributed by atoms with Gasteiger partial charge in [0.15, 0.2) is 0 Å². The van der Waals surface area contributed by atoms with Crippen LogP contribution in [0.3, 0.4) is 0 Å². The summed E-state index contributed by atoms with van der Waals surface area (Å²) in [7, 11) is 1.57. The normalized spacial score (nSPS) is 14.1. The number of ether oxygens (including phenoxy) is 2. The number of methoxy groups -OCH3 is 1. The molecule has 6 nitrogen and oxygen atoms in total. The van der Waals surface area contributed by atoms with Crippen LogP contribution in [0.15, 0.2) is 48.2 Å². The third-order valence-electron chi connectivity index (χ3n) is 5.10. The van der Waals surface area contributed by atoms with Gasteiger partial charge in [-0.25, -0.2) is 0 Å². The lowest BCUT2D eigenvalue weighted by molar-refractivity contribution is -0.137. The Hall–Kier alpha value is -3.12. The first-order valence-corrected chi connectivity index (χ1v) is 10.0. The van der Waals surface area contributed by atoms with E-state index < -0.39 is 0 Å². The number of para-hydroxylation sites is 2. The van der Waals surface area contributed by atoms with Gasteiger partial charge in [0.05, 0.1) is 37.6 Å². The van der Waals surface area contributed by atoms with Crippen molar-refractivity contribution < 1.29 is 19.1 Å². The first kappa shape index (κ1) is 21.6. The molecule has 0 saturated heterocycles. The molecule has 0 spiro atoms. The van der Waals surface area contributed by atoms with Crippen molar-refractivity contribution in [1.82, 2.24) is 4.90 Å². The Morgan fingerprint density at radius 1 is 1.00 bits per heavy atom. The van der Waals surface area contributed by atoms with E-state index in [2.05, 4.69) is 5.32 Å². The van der Waals surface area contributed by atoms with Crippen molar-refractivity contribution in [2.45, 2.75) is 33.8 Å². The maximum atomic E-state index is 13.3. The van der Waals surface area contributed by atoms with E-state index in [1.165, 1.54) is 4.90 Å². The molecule has 2 aromatic rings. The Labute approximate surface area is 177 Å². The first-order chi connectivity index (χ1) is 14.3. The van der Waals surface area contributed by atoms with E-state index in [0.29, 0.717) is 22.6 Å². The smallest absolute Gasteiger partial charge is 0.278 e. The van der Waals surface area contributed by atoms with E-state index in [-0.39, 0.29) is 36.8 Å². The van der Waals surface area contributed by atoms with Crippen LogP contribution >= 0.6 is 0 Å². The quantitative estimate of drug-likeness (QED) is 0.671. The van der Waals surface area contributed by atoms with Crippen molar-refractivity contribution in [3.8, 4) is 5.75 Å². The standard InChI is InChI=1S/C24H28N2O4/c1-15(2)30-13-12-26-23(27)21(18-11-10-16(3)17(4)14-18)22(24(26)28)25-19-8-6-7-9-20(19)29-5/h6-11,14-15,25H,12-13H2,1-5H3. The Balaban J connectivity index is 2.02. The molecule has 0 aliphatic carbocycles. The van der Waals surface area contributed by atoms with Gasteiger partial charge in [-0.15, -0.1) is 0 Å². The fourth-order valence-electron chi connectivity index (χ4n) is 3.32. The molecule has 30 heavy (non-hydrogen) atoms. The summed E-state index contributed by atoms with van der Waals surface area (Å²) in [6, 6.07) is 13.1. The number of carbonyl (C=O) groups excluding carboxylic acids is 2. The van der Waals surface area contributed by atoms with Crippen molar-refractivity contribution in [3.63, 3.8) is 0 Å². The minimum Gasteiger partial charge on any atom is -0.495 e. The average Bonchev–Trinajstić information content (AvgIpc) is 2.94. The van der Waals surface area contributed by atoms with E-state index in [9.17, 15) is 9.59 Å². The van der Waals surface area contributed by atoms with E-state index in [1.807, 2.05) is 64.1 Å². The third-order valence-corrected chi connectivity index (χ3v) is 5.10. The van der Waals surface area contributed by atoms with Gasteiger partial charge in [-0.2, -0.15) is 0 Å². The Kier molecular flexibility index (Phi) is 6.57. The van der Waals surface area contributed by atoms with Crippen LogP contribution in [0.25, 0.3) is 5.57 Å². The van der Waals surface area contributed by atoms with E-state index in [4.69, 9.17) is 9.47 Å². The molecule has 6 heteroatoms. The zero-order valence-corrected chi connectivity index (χ0v) is 18.1. The Morgan fingerprint density at radius 2 is 1.73 bits per heavy atom. The molecule has 1 aliphatic rings. The molecule has 0 fully saturated rings. The number of carbonyl (C=O) groups is 2. The SMILES string of the molecule is COc1ccccc1NC1=C(c2ccc(C)c(C)c2)C(=O)N(CCOC(C)C)C1=O. The van der Waals surface area contributed by atoms with Crippen LogP contribution < -0.4 is 10.1 Å². The summed E-state index contributed by atoms with van der Waals surface area (Å²) < 4.78 is 11.0. The molecule has 158 valence electrons. The molecule has 2 aromatic carbocycles. The van der Waals surface area contributed by atoms with Gasteiger partial charge in [0, 0.05) is 0 Å². The first-order valence-electron chi connectivity index (χ1n) is 10.0. The average molecular weight is 408 g/mol. The summed E-state index contributed by atoms with van der Waals surface area (Å²) in [4.78, 5) is 27.7. The molecule has 0 atom stereocenters. The minimum atomic E-state index is -0.369. The molecule has 0 bridgehead atoms. The number of aryl methyl sites for hydroxylation is 2. The number of rotatable bonds is 8. The van der Waals surface area contributed by atoms with Gasteiger partial charge in [-0.1, -0.05) is 30.3 Å². The zero-order chi connectivity index (χ0) is 21.8. The van der Waals surface area contributed by atoms with Gasteiger partial charge in [0.2, 0.25) is 0 Å². The van der Waals surface area contributed by atoms with Crippen LogP contribution in [0.2, 0.25) is 0 Å². The lowest BCUT2D eigenvalue weighted by Gasteiger charge is -2.17. The number of benzene rings is 2. The predicted molar refractivity (Wildman–Crippen MR) is 117 cm³/mol. The van der Waals surface area contributed by atoms with Crippen molar-refractivity contribution >= 4 is 23.1 Å². The van der Waals surface area contributed by atoms with Crippen LogP contribution in [0.1, 0.15) is 30.5 Å². The van der Waals surface area contributed by atoms with Crippen LogP contribution in [-0.2, 0) is 14.3 Å². The monoisotopic (exact) mass is 408 g/mol. The van der Waals surface area contributed by atoms with Gasteiger partial charge in [-0.05, 0) is 56.5 Å². The minimum absolute atomic E-state index is 0.0242. The number of nitrogens with one attached hydrogen (secondary N) is 1. The molecule has 0 unspecified atom stereocenters. The summed E-state index contributed by atoms with van der Waals surface area (Å²) in [6.07, 6.45) is 0.0242. The maximum absolute atomic E-state index is 13.3. The molecule has 1 N–H and O–H groups in total. The number of hydrogen-bond donors (Lipinski definition) is 1. The highest BCUT2D eigenvalue weighted by Gasteiger charge is 2.39. The number of imide groups is 1. The van der Waals surface area contributed by atoms with Crippen LogP contribution in [0.5, 0.6) is 5.75 Å². The van der Waals surface area contributed by atoms with Crippen LogP contribution in [0, 0.1) is 13.8 Å². The molecular formula is C24H28N2O4. The molecular weight excluding hydrogens is 380 g/mol. The summed E-state index contributed by atoms with van der Waals surface area (Å²) in [5.74, 6) is -0.106. The van der Waals surface area contributed by atoms with Crippen molar-refractivity contribution in [1.29, 1.82) is 0 Å². The van der Waals surface area contributed by atoms with E-state index in [1.54, 1.807) is 13.2 Å². The summed E-state index contributed by atoms with van der Waals surface area (Å²) >= 11 is 0. The van der Waals surface area contributed by atoms with Crippen molar-refractivity contribution in [2.75, 3.05) is 25.6 Å². The fraction of sp³-hybridized carbons (Fsp3) is 0.333. The molecule has 0 saturated carbocycles. The highest BCUT2D eigenvalue weighted by Crippen LogP contribution is 2.33. The second-order valence-electron chi connectivity index (χ2n) is 7.56. The largest absolute Gasteiger partial charge is 0.495 e. The number of amides is 2. The van der Waals surface area contributed by atoms with Gasteiger partial charge in [0.1, 0.15) is 11.4 Å². The summed E-state index contributed by atoms with van der Waals surface area (Å²) in [5.41, 5.74) is 4.12. The Bertz CT molecular complexity index is 994. The van der Waals surface area contributed by atoms with Crippen molar-refractivity contribution in [2.24, 2.45) is 0 Å². The predicted octanol–water partition coefficient (Wildman–Crippen LogP) is 3.93. The zero-order valence-electron chi connectivity index (χ0n) is 18.1. The molecule has 3 rings (SSSR count). The van der Waals surface area contributed by atoms with Gasteiger partial charge in [-0.3, -0.25) is 14.5 Å². The van der Waals surface area contributed by atoms with E-state index >= 15 is 0 Å². The highest BCUT2D eigenvalue weighted by molar-refractivity contribution is 6.36. The number of nitrogens with zero attached hydrogens (tertiary/aromatic N) is 1.